The van der Waals surface area contributed by atoms with E-state index in [0.717, 1.165) is 28.1 Å². The molecule has 5 aromatic rings. The topological polar surface area (TPSA) is 49.6 Å². The summed E-state index contributed by atoms with van der Waals surface area (Å²) < 4.78 is 0. The predicted molar refractivity (Wildman–Crippen MR) is 132 cm³/mol. The summed E-state index contributed by atoms with van der Waals surface area (Å²) in [6.07, 6.45) is 3.67. The van der Waals surface area contributed by atoms with Gasteiger partial charge in [-0.25, -0.2) is 5.26 Å². The Balaban J connectivity index is 0.000000188. The molecule has 0 unspecified atom stereocenters. The van der Waals surface area contributed by atoms with E-state index in [1.54, 1.807) is 12.1 Å². The molecule has 0 atom stereocenters. The van der Waals surface area contributed by atoms with Crippen molar-refractivity contribution in [3.05, 3.63) is 133 Å². The fraction of sp³-hybridized carbons (Fsp3) is 0.0333. The molecule has 4 heteroatoms. The van der Waals surface area contributed by atoms with Gasteiger partial charge in [0.15, 0.2) is 0 Å². The number of aryl methyl sites for hydroxylation is 1. The Hall–Kier alpha value is -3.90. The van der Waals surface area contributed by atoms with E-state index < -0.39 is 0 Å². The first kappa shape index (κ1) is 24.7. The Morgan fingerprint density at radius 2 is 1.53 bits per heavy atom. The van der Waals surface area contributed by atoms with Crippen LogP contribution in [-0.4, -0.2) is 9.97 Å². The van der Waals surface area contributed by atoms with Crippen LogP contribution < -0.4 is 0 Å². The maximum atomic E-state index is 8.65. The third-order valence-corrected chi connectivity index (χ3v) is 4.98. The summed E-state index contributed by atoms with van der Waals surface area (Å²) in [4.78, 5) is 8.69. The molecule has 0 fully saturated rings. The maximum Gasteiger partial charge on any atom is 0.0476 e. The van der Waals surface area contributed by atoms with E-state index >= 15 is 0 Å². The van der Waals surface area contributed by atoms with E-state index in [-0.39, 0.29) is 20.1 Å². The van der Waals surface area contributed by atoms with Crippen LogP contribution in [0.2, 0.25) is 0 Å². The molecule has 1 radical (unpaired) electrons. The van der Waals surface area contributed by atoms with Gasteiger partial charge in [0.25, 0.3) is 0 Å². The van der Waals surface area contributed by atoms with E-state index in [1.165, 1.54) is 11.1 Å². The van der Waals surface area contributed by atoms with E-state index in [2.05, 4.69) is 46.4 Å². The van der Waals surface area contributed by atoms with Crippen LogP contribution in [0.3, 0.4) is 0 Å². The molecule has 0 saturated heterocycles. The van der Waals surface area contributed by atoms with Crippen LogP contribution >= 0.6 is 0 Å². The summed E-state index contributed by atoms with van der Waals surface area (Å²) in [7, 11) is 0. The maximum absolute atomic E-state index is 8.65. The molecule has 0 aliphatic heterocycles. The van der Waals surface area contributed by atoms with Crippen molar-refractivity contribution in [1.29, 1.82) is 5.26 Å². The van der Waals surface area contributed by atoms with Gasteiger partial charge in [-0.1, -0.05) is 48.5 Å². The minimum absolute atomic E-state index is 0. The SMILES string of the molecule is Cc1ccc(-c2[c-]cc(C#N)cc2)nc1.[Ir].[c-]1ccccc1-c1cc(-c2ccccc2)ccn1. The second-order valence-corrected chi connectivity index (χ2v) is 7.40. The van der Waals surface area contributed by atoms with Gasteiger partial charge in [0.1, 0.15) is 0 Å². The smallest absolute Gasteiger partial charge is 0.0476 e. The van der Waals surface area contributed by atoms with Crippen molar-refractivity contribution in [3.63, 3.8) is 0 Å². The molecular weight excluding hydrogens is 595 g/mol. The van der Waals surface area contributed by atoms with Crippen LogP contribution in [0.15, 0.2) is 109 Å². The molecule has 0 N–H and O–H groups in total. The summed E-state index contributed by atoms with van der Waals surface area (Å²) in [5.74, 6) is 0. The predicted octanol–water partition coefficient (Wildman–Crippen LogP) is 6.94. The van der Waals surface area contributed by atoms with E-state index in [1.807, 2.05) is 86.0 Å². The molecule has 0 spiro atoms. The molecule has 0 aliphatic carbocycles. The molecule has 3 aromatic carbocycles. The van der Waals surface area contributed by atoms with Crippen molar-refractivity contribution in [1.82, 2.24) is 9.97 Å². The minimum atomic E-state index is 0. The second-order valence-electron chi connectivity index (χ2n) is 7.40. The number of benzene rings is 3. The standard InChI is InChI=1S/C17H12N.C13H9N2.Ir/c1-3-7-14(8-4-1)16-11-12-18-17(13-16)15-9-5-2-6-10-15;1-10-2-7-13(15-9-10)12-5-3-11(8-14)4-6-12;/h1-9,11-13H;2-5,7,9H,1H3;/q2*-1;. The quantitative estimate of drug-likeness (QED) is 0.207. The van der Waals surface area contributed by atoms with Crippen molar-refractivity contribution in [2.45, 2.75) is 6.92 Å². The van der Waals surface area contributed by atoms with Crippen molar-refractivity contribution < 1.29 is 20.1 Å². The monoisotopic (exact) mass is 616 g/mol. The number of hydrogen-bond acceptors (Lipinski definition) is 3. The van der Waals surface area contributed by atoms with Crippen LogP contribution in [0.1, 0.15) is 11.1 Å². The summed E-state index contributed by atoms with van der Waals surface area (Å²) in [6, 6.07) is 39.9. The molecular formula is C30H21IrN3-2. The van der Waals surface area contributed by atoms with Crippen LogP contribution in [0, 0.1) is 30.4 Å². The molecule has 3 nitrogen and oxygen atoms in total. The van der Waals surface area contributed by atoms with Crippen LogP contribution in [0.4, 0.5) is 0 Å². The molecule has 0 bridgehead atoms. The van der Waals surface area contributed by atoms with E-state index in [4.69, 9.17) is 5.26 Å². The number of pyridine rings is 2. The first-order chi connectivity index (χ1) is 16.2. The normalized spacial score (nSPS) is 9.65. The second kappa shape index (κ2) is 12.4. The Morgan fingerprint density at radius 3 is 2.18 bits per heavy atom. The van der Waals surface area contributed by atoms with Crippen LogP contribution in [0.25, 0.3) is 33.6 Å². The molecule has 0 saturated carbocycles. The van der Waals surface area contributed by atoms with Gasteiger partial charge in [0, 0.05) is 38.6 Å². The van der Waals surface area contributed by atoms with Crippen molar-refractivity contribution in [2.24, 2.45) is 0 Å². The Bertz CT molecular complexity index is 1290. The van der Waals surface area contributed by atoms with Gasteiger partial charge in [-0.3, -0.25) is 0 Å². The van der Waals surface area contributed by atoms with Crippen LogP contribution in [0.5, 0.6) is 0 Å². The molecule has 5 rings (SSSR count). The van der Waals surface area contributed by atoms with Crippen LogP contribution in [-0.2, 0) is 20.1 Å². The zero-order chi connectivity index (χ0) is 22.9. The van der Waals surface area contributed by atoms with Crippen molar-refractivity contribution in [2.75, 3.05) is 0 Å². The van der Waals surface area contributed by atoms with Gasteiger partial charge in [-0.2, -0.15) is 0 Å². The molecule has 167 valence electrons. The van der Waals surface area contributed by atoms with Gasteiger partial charge in [-0.15, -0.1) is 65.7 Å². The third kappa shape index (κ3) is 6.56. The number of nitriles is 1. The van der Waals surface area contributed by atoms with Gasteiger partial charge < -0.3 is 9.97 Å². The molecule has 2 aromatic heterocycles. The van der Waals surface area contributed by atoms with Gasteiger partial charge in [0.2, 0.25) is 0 Å². The number of rotatable bonds is 3. The fourth-order valence-electron chi connectivity index (χ4n) is 3.22. The molecule has 34 heavy (non-hydrogen) atoms. The van der Waals surface area contributed by atoms with E-state index in [0.29, 0.717) is 5.56 Å². The van der Waals surface area contributed by atoms with Gasteiger partial charge >= 0.3 is 0 Å². The summed E-state index contributed by atoms with van der Waals surface area (Å²) in [6.45, 7) is 2.00. The Morgan fingerprint density at radius 1 is 0.735 bits per heavy atom. The number of nitrogens with zero attached hydrogens (tertiary/aromatic N) is 3. The fourth-order valence-corrected chi connectivity index (χ4v) is 3.22. The first-order valence-corrected chi connectivity index (χ1v) is 10.6. The Labute approximate surface area is 214 Å². The largest absolute Gasteiger partial charge is 0.305 e. The molecule has 2 heterocycles. The van der Waals surface area contributed by atoms with Crippen molar-refractivity contribution >= 4 is 0 Å². The molecule has 0 aliphatic rings. The average molecular weight is 616 g/mol. The Kier molecular flexibility index (Phi) is 9.00. The minimum Gasteiger partial charge on any atom is -0.305 e. The zero-order valence-electron chi connectivity index (χ0n) is 18.6. The average Bonchev–Trinajstić information content (AvgIpc) is 2.91. The van der Waals surface area contributed by atoms with Crippen molar-refractivity contribution in [3.8, 4) is 39.7 Å². The number of aromatic nitrogens is 2. The number of hydrogen-bond donors (Lipinski definition) is 0. The molecule has 0 amide bonds. The summed E-state index contributed by atoms with van der Waals surface area (Å²) in [5.41, 5.74) is 7.90. The van der Waals surface area contributed by atoms with Gasteiger partial charge in [0.05, 0.1) is 0 Å². The summed E-state index contributed by atoms with van der Waals surface area (Å²) >= 11 is 0. The first-order valence-electron chi connectivity index (χ1n) is 10.6. The zero-order valence-corrected chi connectivity index (χ0v) is 21.0. The third-order valence-electron chi connectivity index (χ3n) is 4.98. The summed E-state index contributed by atoms with van der Waals surface area (Å²) in [5, 5.41) is 8.65. The van der Waals surface area contributed by atoms with E-state index in [9.17, 15) is 0 Å². The van der Waals surface area contributed by atoms with Gasteiger partial charge in [-0.05, 0) is 46.6 Å².